The molecule has 4 nitrogen and oxygen atoms in total. The number of ether oxygens (including phenoxy) is 2. The second-order valence-electron chi connectivity index (χ2n) is 5.58. The summed E-state index contributed by atoms with van der Waals surface area (Å²) >= 11 is 3.20. The van der Waals surface area contributed by atoms with Crippen LogP contribution in [0.3, 0.4) is 0 Å². The predicted molar refractivity (Wildman–Crippen MR) is 92.1 cm³/mol. The fourth-order valence-corrected chi connectivity index (χ4v) is 3.22. The van der Waals surface area contributed by atoms with Crippen LogP contribution in [0.5, 0.6) is 11.5 Å². The van der Waals surface area contributed by atoms with Gasteiger partial charge >= 0.3 is 0 Å². The normalized spacial score (nSPS) is 13.4. The van der Waals surface area contributed by atoms with Crippen molar-refractivity contribution in [3.63, 3.8) is 0 Å². The number of benzene rings is 2. The lowest BCUT2D eigenvalue weighted by atomic mass is 9.98. The minimum atomic E-state index is -0.521. The topological polar surface area (TPSA) is 38.8 Å². The summed E-state index contributed by atoms with van der Waals surface area (Å²) < 4.78 is 25.3. The van der Waals surface area contributed by atoms with E-state index >= 15 is 0 Å². The fourth-order valence-electron chi connectivity index (χ4n) is 2.89. The van der Waals surface area contributed by atoms with Crippen LogP contribution in [0, 0.1) is 5.82 Å². The minimum absolute atomic E-state index is 0.0853. The molecule has 3 rings (SSSR count). The zero-order valence-electron chi connectivity index (χ0n) is 13.4. The Balaban J connectivity index is 1.88. The zero-order chi connectivity index (χ0) is 17.3. The summed E-state index contributed by atoms with van der Waals surface area (Å²) in [5.41, 5.74) is 2.19. The molecule has 24 heavy (non-hydrogen) atoms. The van der Waals surface area contributed by atoms with Crippen LogP contribution in [0.15, 0.2) is 34.8 Å². The smallest absolute Gasteiger partial charge is 0.257 e. The first kappa shape index (κ1) is 16.8. The molecule has 0 atom stereocenters. The molecule has 0 spiro atoms. The van der Waals surface area contributed by atoms with E-state index in [9.17, 15) is 9.18 Å². The fraction of sp³-hybridized carbons (Fsp3) is 0.278. The van der Waals surface area contributed by atoms with E-state index in [0.717, 1.165) is 11.1 Å². The van der Waals surface area contributed by atoms with Crippen molar-refractivity contribution in [3.05, 3.63) is 57.3 Å². The molecule has 0 aliphatic carbocycles. The lowest BCUT2D eigenvalue weighted by Crippen LogP contribution is -2.36. The van der Waals surface area contributed by atoms with E-state index in [4.69, 9.17) is 9.47 Å². The summed E-state index contributed by atoms with van der Waals surface area (Å²) in [7, 11) is 3.17. The van der Waals surface area contributed by atoms with Crippen LogP contribution < -0.4 is 9.47 Å². The number of carbonyl (C=O) groups excluding carboxylic acids is 1. The minimum Gasteiger partial charge on any atom is -0.493 e. The van der Waals surface area contributed by atoms with Gasteiger partial charge in [-0.2, -0.15) is 0 Å². The SMILES string of the molecule is COc1cc2c(cc1OC)CN(C(=O)c1ccc(Br)cc1F)CC2. The van der Waals surface area contributed by atoms with Crippen molar-refractivity contribution in [2.75, 3.05) is 20.8 Å². The third kappa shape index (κ3) is 3.11. The van der Waals surface area contributed by atoms with Gasteiger partial charge in [0.1, 0.15) is 5.82 Å². The van der Waals surface area contributed by atoms with Crippen molar-refractivity contribution >= 4 is 21.8 Å². The lowest BCUT2D eigenvalue weighted by Gasteiger charge is -2.29. The summed E-state index contributed by atoms with van der Waals surface area (Å²) in [5.74, 6) is 0.475. The van der Waals surface area contributed by atoms with Gasteiger partial charge in [0.05, 0.1) is 19.8 Å². The average Bonchev–Trinajstić information content (AvgIpc) is 2.59. The molecule has 0 radical (unpaired) electrons. The Morgan fingerprint density at radius 1 is 1.12 bits per heavy atom. The van der Waals surface area contributed by atoms with Gasteiger partial charge in [-0.05, 0) is 47.9 Å². The van der Waals surface area contributed by atoms with Crippen LogP contribution in [0.2, 0.25) is 0 Å². The Morgan fingerprint density at radius 3 is 2.42 bits per heavy atom. The number of hydrogen-bond donors (Lipinski definition) is 0. The molecule has 2 aromatic carbocycles. The summed E-state index contributed by atoms with van der Waals surface area (Å²) in [5, 5.41) is 0. The molecular weight excluding hydrogens is 377 g/mol. The molecule has 0 N–H and O–H groups in total. The first-order valence-corrected chi connectivity index (χ1v) is 8.31. The van der Waals surface area contributed by atoms with Crippen molar-refractivity contribution < 1.29 is 18.7 Å². The number of amides is 1. The van der Waals surface area contributed by atoms with Crippen molar-refractivity contribution in [1.82, 2.24) is 4.90 Å². The monoisotopic (exact) mass is 393 g/mol. The summed E-state index contributed by atoms with van der Waals surface area (Å²) in [6, 6.07) is 8.30. The van der Waals surface area contributed by atoms with Crippen LogP contribution in [0.25, 0.3) is 0 Å². The largest absolute Gasteiger partial charge is 0.493 e. The molecule has 1 heterocycles. The van der Waals surface area contributed by atoms with E-state index in [0.29, 0.717) is 35.5 Å². The third-order valence-corrected chi connectivity index (χ3v) is 4.66. The van der Waals surface area contributed by atoms with Crippen LogP contribution in [-0.2, 0) is 13.0 Å². The molecule has 0 saturated heterocycles. The highest BCUT2D eigenvalue weighted by Gasteiger charge is 2.25. The molecular formula is C18H17BrFNO3. The highest BCUT2D eigenvalue weighted by atomic mass is 79.9. The Hall–Kier alpha value is -2.08. The van der Waals surface area contributed by atoms with Crippen LogP contribution in [0.4, 0.5) is 4.39 Å². The van der Waals surface area contributed by atoms with Gasteiger partial charge in [0, 0.05) is 17.6 Å². The van der Waals surface area contributed by atoms with Crippen LogP contribution in [0.1, 0.15) is 21.5 Å². The maximum absolute atomic E-state index is 14.1. The standard InChI is InChI=1S/C18H17BrFNO3/c1-23-16-7-11-5-6-21(10-12(11)8-17(16)24-2)18(22)14-4-3-13(19)9-15(14)20/h3-4,7-9H,5-6,10H2,1-2H3. The van der Waals surface area contributed by atoms with E-state index < -0.39 is 5.82 Å². The number of rotatable bonds is 3. The van der Waals surface area contributed by atoms with Gasteiger partial charge in [-0.1, -0.05) is 15.9 Å². The van der Waals surface area contributed by atoms with Gasteiger partial charge in [0.25, 0.3) is 5.91 Å². The average molecular weight is 394 g/mol. The highest BCUT2D eigenvalue weighted by molar-refractivity contribution is 9.10. The Kier molecular flexibility index (Phi) is 4.76. The molecule has 126 valence electrons. The lowest BCUT2D eigenvalue weighted by molar-refractivity contribution is 0.0729. The number of methoxy groups -OCH3 is 2. The molecule has 1 aliphatic heterocycles. The number of halogens is 2. The molecule has 0 aromatic heterocycles. The molecule has 2 aromatic rings. The van der Waals surface area contributed by atoms with Crippen LogP contribution in [-0.4, -0.2) is 31.6 Å². The van der Waals surface area contributed by atoms with Crippen molar-refractivity contribution in [1.29, 1.82) is 0 Å². The molecule has 0 bridgehead atoms. The highest BCUT2D eigenvalue weighted by Crippen LogP contribution is 2.33. The number of nitrogens with zero attached hydrogens (tertiary/aromatic N) is 1. The maximum atomic E-state index is 14.1. The maximum Gasteiger partial charge on any atom is 0.257 e. The van der Waals surface area contributed by atoms with Crippen molar-refractivity contribution in [2.24, 2.45) is 0 Å². The number of hydrogen-bond acceptors (Lipinski definition) is 3. The van der Waals surface area contributed by atoms with E-state index in [-0.39, 0.29) is 11.5 Å². The summed E-state index contributed by atoms with van der Waals surface area (Å²) in [6.45, 7) is 0.959. The van der Waals surface area contributed by atoms with Gasteiger partial charge < -0.3 is 14.4 Å². The molecule has 6 heteroatoms. The van der Waals surface area contributed by atoms with Crippen molar-refractivity contribution in [3.8, 4) is 11.5 Å². The Morgan fingerprint density at radius 2 is 1.79 bits per heavy atom. The number of carbonyl (C=O) groups is 1. The second-order valence-corrected chi connectivity index (χ2v) is 6.49. The number of fused-ring (bicyclic) bond motifs is 1. The summed E-state index contributed by atoms with van der Waals surface area (Å²) in [6.07, 6.45) is 0.694. The van der Waals surface area contributed by atoms with Gasteiger partial charge in [-0.25, -0.2) is 4.39 Å². The molecule has 0 fully saturated rings. The molecule has 0 saturated carbocycles. The molecule has 1 amide bonds. The van der Waals surface area contributed by atoms with E-state index in [1.54, 1.807) is 25.2 Å². The third-order valence-electron chi connectivity index (χ3n) is 4.17. The van der Waals surface area contributed by atoms with Crippen LogP contribution >= 0.6 is 15.9 Å². The van der Waals surface area contributed by atoms with E-state index in [2.05, 4.69) is 15.9 Å². The molecule has 1 aliphatic rings. The van der Waals surface area contributed by atoms with Gasteiger partial charge in [-0.3, -0.25) is 4.79 Å². The quantitative estimate of drug-likeness (QED) is 0.795. The zero-order valence-corrected chi connectivity index (χ0v) is 15.0. The first-order chi connectivity index (χ1) is 11.5. The summed E-state index contributed by atoms with van der Waals surface area (Å²) in [4.78, 5) is 14.3. The molecule has 0 unspecified atom stereocenters. The Bertz CT molecular complexity index is 794. The van der Waals surface area contributed by atoms with Crippen molar-refractivity contribution in [2.45, 2.75) is 13.0 Å². The van der Waals surface area contributed by atoms with Gasteiger partial charge in [0.2, 0.25) is 0 Å². The first-order valence-electron chi connectivity index (χ1n) is 7.51. The van der Waals surface area contributed by atoms with E-state index in [1.807, 2.05) is 12.1 Å². The van der Waals surface area contributed by atoms with E-state index in [1.165, 1.54) is 12.1 Å². The van der Waals surface area contributed by atoms with Gasteiger partial charge in [-0.15, -0.1) is 0 Å². The second kappa shape index (κ2) is 6.81. The van der Waals surface area contributed by atoms with Gasteiger partial charge in [0.15, 0.2) is 11.5 Å². The Labute approximate surface area is 148 Å². The predicted octanol–water partition coefficient (Wildman–Crippen LogP) is 3.80.